The molecule has 116 valence electrons. The van der Waals surface area contributed by atoms with E-state index in [1.54, 1.807) is 14.2 Å². The summed E-state index contributed by atoms with van der Waals surface area (Å²) in [6.07, 6.45) is 1.63. The number of carbonyl (C=O) groups excluding carboxylic acids is 1. The summed E-state index contributed by atoms with van der Waals surface area (Å²) < 4.78 is 10.6. The molecular formula is C17H25NO3. The third-order valence-electron chi connectivity index (χ3n) is 4.59. The summed E-state index contributed by atoms with van der Waals surface area (Å²) in [6, 6.07) is 6.37. The summed E-state index contributed by atoms with van der Waals surface area (Å²) in [5.41, 5.74) is 1.23. The minimum atomic E-state index is 0.143. The molecule has 0 aromatic heterocycles. The Balaban J connectivity index is 1.98. The highest BCUT2D eigenvalue weighted by Crippen LogP contribution is 2.28. The molecule has 1 heterocycles. The normalized spacial score (nSPS) is 23.1. The van der Waals surface area contributed by atoms with Gasteiger partial charge in [0.25, 0.3) is 0 Å². The fraction of sp³-hybridized carbons (Fsp3) is 0.588. The van der Waals surface area contributed by atoms with Gasteiger partial charge in [0.15, 0.2) is 11.5 Å². The molecule has 0 saturated carbocycles. The summed E-state index contributed by atoms with van der Waals surface area (Å²) in [4.78, 5) is 14.1. The summed E-state index contributed by atoms with van der Waals surface area (Å²) in [5.74, 6) is 2.06. The van der Waals surface area contributed by atoms with E-state index in [0.29, 0.717) is 18.2 Å². The molecule has 0 spiro atoms. The Kier molecular flexibility index (Phi) is 5.23. The van der Waals surface area contributed by atoms with E-state index in [2.05, 4.69) is 17.9 Å². The minimum absolute atomic E-state index is 0.143. The lowest BCUT2D eigenvalue weighted by molar-refractivity contribution is -0.127. The van der Waals surface area contributed by atoms with Crippen molar-refractivity contribution in [2.45, 2.75) is 32.7 Å². The average Bonchev–Trinajstić information content (AvgIpc) is 2.51. The number of Topliss-reactive ketones (excluding diaryl/α,β-unsaturated/α-hetero) is 1. The summed E-state index contributed by atoms with van der Waals surface area (Å²) in [5, 5.41) is 0. The summed E-state index contributed by atoms with van der Waals surface area (Å²) in [7, 11) is 3.30. The van der Waals surface area contributed by atoms with Crippen molar-refractivity contribution in [1.82, 2.24) is 4.90 Å². The first-order chi connectivity index (χ1) is 10.1. The number of carbonyl (C=O) groups is 1. The smallest absolute Gasteiger partial charge is 0.160 e. The molecular weight excluding hydrogens is 266 g/mol. The maximum Gasteiger partial charge on any atom is 0.160 e. The van der Waals surface area contributed by atoms with Crippen LogP contribution in [0.15, 0.2) is 18.2 Å². The highest BCUT2D eigenvalue weighted by Gasteiger charge is 2.30. The van der Waals surface area contributed by atoms with E-state index < -0.39 is 0 Å². The molecule has 4 nitrogen and oxygen atoms in total. The molecule has 1 aliphatic rings. The van der Waals surface area contributed by atoms with Gasteiger partial charge in [0.1, 0.15) is 5.78 Å². The number of rotatable bonds is 5. The third-order valence-corrected chi connectivity index (χ3v) is 4.59. The predicted octanol–water partition coefficient (Wildman–Crippen LogP) is 2.55. The van der Waals surface area contributed by atoms with Crippen molar-refractivity contribution in [3.05, 3.63) is 23.8 Å². The van der Waals surface area contributed by atoms with Crippen LogP contribution in [0.2, 0.25) is 0 Å². The van der Waals surface area contributed by atoms with Crippen LogP contribution in [0.25, 0.3) is 0 Å². The van der Waals surface area contributed by atoms with Gasteiger partial charge in [-0.3, -0.25) is 9.69 Å². The fourth-order valence-corrected chi connectivity index (χ4v) is 2.89. The molecule has 4 heteroatoms. The number of ketones is 1. The number of ether oxygens (including phenoxy) is 2. The number of methoxy groups -OCH3 is 2. The van der Waals surface area contributed by atoms with E-state index in [1.165, 1.54) is 5.56 Å². The van der Waals surface area contributed by atoms with Gasteiger partial charge in [-0.15, -0.1) is 0 Å². The fourth-order valence-electron chi connectivity index (χ4n) is 2.89. The van der Waals surface area contributed by atoms with E-state index >= 15 is 0 Å². The Morgan fingerprint density at radius 3 is 2.57 bits per heavy atom. The van der Waals surface area contributed by atoms with Gasteiger partial charge in [0.05, 0.1) is 14.2 Å². The Labute approximate surface area is 127 Å². The van der Waals surface area contributed by atoms with Gasteiger partial charge < -0.3 is 9.47 Å². The van der Waals surface area contributed by atoms with Crippen molar-refractivity contribution >= 4 is 5.78 Å². The SMILES string of the molecule is COc1ccc(CCN2CCC(=O)[C@@H](C)[C@@H]2C)cc1OC. The number of hydrogen-bond donors (Lipinski definition) is 0. The molecule has 1 saturated heterocycles. The lowest BCUT2D eigenvalue weighted by Gasteiger charge is -2.37. The van der Waals surface area contributed by atoms with Crippen molar-refractivity contribution in [3.8, 4) is 11.5 Å². The van der Waals surface area contributed by atoms with Crippen LogP contribution < -0.4 is 9.47 Å². The van der Waals surface area contributed by atoms with Crippen LogP contribution >= 0.6 is 0 Å². The third kappa shape index (κ3) is 3.56. The van der Waals surface area contributed by atoms with Crippen molar-refractivity contribution in [3.63, 3.8) is 0 Å². The van der Waals surface area contributed by atoms with Crippen LogP contribution in [-0.2, 0) is 11.2 Å². The molecule has 1 fully saturated rings. The average molecular weight is 291 g/mol. The van der Waals surface area contributed by atoms with E-state index in [0.717, 1.165) is 31.0 Å². The van der Waals surface area contributed by atoms with Crippen molar-refractivity contribution < 1.29 is 14.3 Å². The Morgan fingerprint density at radius 1 is 1.19 bits per heavy atom. The van der Waals surface area contributed by atoms with Crippen molar-refractivity contribution in [1.29, 1.82) is 0 Å². The molecule has 0 radical (unpaired) electrons. The highest BCUT2D eigenvalue weighted by atomic mass is 16.5. The Hall–Kier alpha value is -1.55. The van der Waals surface area contributed by atoms with Gasteiger partial charge in [-0.1, -0.05) is 13.0 Å². The summed E-state index contributed by atoms with van der Waals surface area (Å²) >= 11 is 0. The first-order valence-electron chi connectivity index (χ1n) is 7.54. The van der Waals surface area contributed by atoms with Crippen molar-refractivity contribution in [2.24, 2.45) is 5.92 Å². The maximum absolute atomic E-state index is 11.7. The van der Waals surface area contributed by atoms with Crippen LogP contribution in [0.5, 0.6) is 11.5 Å². The number of piperidine rings is 1. The number of benzene rings is 1. The molecule has 21 heavy (non-hydrogen) atoms. The van der Waals surface area contributed by atoms with E-state index in [-0.39, 0.29) is 5.92 Å². The van der Waals surface area contributed by atoms with Crippen LogP contribution in [0, 0.1) is 5.92 Å². The first-order valence-corrected chi connectivity index (χ1v) is 7.54. The van der Waals surface area contributed by atoms with Gasteiger partial charge in [-0.25, -0.2) is 0 Å². The Morgan fingerprint density at radius 2 is 1.90 bits per heavy atom. The van der Waals surface area contributed by atoms with Gasteiger partial charge in [0, 0.05) is 31.5 Å². The second kappa shape index (κ2) is 6.94. The largest absolute Gasteiger partial charge is 0.493 e. The van der Waals surface area contributed by atoms with Crippen LogP contribution in [0.3, 0.4) is 0 Å². The van der Waals surface area contributed by atoms with Gasteiger partial charge in [0.2, 0.25) is 0 Å². The molecule has 0 N–H and O–H groups in total. The summed E-state index contributed by atoms with van der Waals surface area (Å²) in [6.45, 7) is 6.03. The molecule has 1 aliphatic heterocycles. The topological polar surface area (TPSA) is 38.8 Å². The molecule has 1 aromatic rings. The molecule has 0 unspecified atom stereocenters. The monoisotopic (exact) mass is 291 g/mol. The molecule has 1 aromatic carbocycles. The van der Waals surface area contributed by atoms with Crippen LogP contribution in [0.1, 0.15) is 25.8 Å². The zero-order chi connectivity index (χ0) is 15.4. The van der Waals surface area contributed by atoms with E-state index in [9.17, 15) is 4.79 Å². The molecule has 2 atom stereocenters. The zero-order valence-electron chi connectivity index (χ0n) is 13.4. The quantitative estimate of drug-likeness (QED) is 0.835. The van der Waals surface area contributed by atoms with Gasteiger partial charge >= 0.3 is 0 Å². The maximum atomic E-state index is 11.7. The molecule has 0 aliphatic carbocycles. The molecule has 0 amide bonds. The standard InChI is InChI=1S/C17H25NO3/c1-12-13(2)18(10-8-15(12)19)9-7-14-5-6-16(20-3)17(11-14)21-4/h5-6,11-13H,7-10H2,1-4H3/t12-,13-/m0/s1. The van der Waals surface area contributed by atoms with Crippen LogP contribution in [-0.4, -0.2) is 44.0 Å². The second-order valence-corrected chi connectivity index (χ2v) is 5.72. The number of hydrogen-bond acceptors (Lipinski definition) is 4. The van der Waals surface area contributed by atoms with Gasteiger partial charge in [-0.2, -0.15) is 0 Å². The Bertz CT molecular complexity index is 501. The number of likely N-dealkylation sites (tertiary alicyclic amines) is 1. The molecule has 2 rings (SSSR count). The van der Waals surface area contributed by atoms with E-state index in [4.69, 9.17) is 9.47 Å². The van der Waals surface area contributed by atoms with Gasteiger partial charge in [-0.05, 0) is 31.0 Å². The van der Waals surface area contributed by atoms with Crippen molar-refractivity contribution in [2.75, 3.05) is 27.3 Å². The minimum Gasteiger partial charge on any atom is -0.493 e. The number of nitrogens with zero attached hydrogens (tertiary/aromatic N) is 1. The highest BCUT2D eigenvalue weighted by molar-refractivity contribution is 5.82. The van der Waals surface area contributed by atoms with Crippen LogP contribution in [0.4, 0.5) is 0 Å². The lowest BCUT2D eigenvalue weighted by Crippen LogP contribution is -2.47. The second-order valence-electron chi connectivity index (χ2n) is 5.72. The first kappa shape index (κ1) is 15.8. The predicted molar refractivity (Wildman–Crippen MR) is 83.1 cm³/mol. The molecule has 0 bridgehead atoms. The van der Waals surface area contributed by atoms with E-state index in [1.807, 2.05) is 19.1 Å². The lowest BCUT2D eigenvalue weighted by atomic mass is 9.90. The zero-order valence-corrected chi connectivity index (χ0v) is 13.4.